The summed E-state index contributed by atoms with van der Waals surface area (Å²) in [4.78, 5) is 0. The molecule has 1 aromatic rings. The molecule has 84 valence electrons. The van der Waals surface area contributed by atoms with Crippen LogP contribution in [-0.2, 0) is 11.8 Å². The molecule has 0 aliphatic heterocycles. The predicted octanol–water partition coefficient (Wildman–Crippen LogP) is 0.0378. The average Bonchev–Trinajstić information content (AvgIpc) is 2.42. The van der Waals surface area contributed by atoms with Gasteiger partial charge in [-0.25, -0.2) is 4.68 Å². The Morgan fingerprint density at radius 3 is 2.73 bits per heavy atom. The predicted molar refractivity (Wildman–Crippen MR) is 56.3 cm³/mol. The Kier molecular flexibility index (Phi) is 3.68. The van der Waals surface area contributed by atoms with Gasteiger partial charge in [0, 0.05) is 14.2 Å². The third-order valence-electron chi connectivity index (χ3n) is 1.97. The maximum Gasteiger partial charge on any atom is 0.223 e. The Labute approximate surface area is 88.5 Å². The maximum atomic E-state index is 7.42. The monoisotopic (exact) mass is 212 g/mol. The fourth-order valence-corrected chi connectivity index (χ4v) is 1.33. The van der Waals surface area contributed by atoms with Gasteiger partial charge in [0.05, 0.1) is 12.3 Å². The van der Waals surface area contributed by atoms with Gasteiger partial charge in [0.1, 0.15) is 18.0 Å². The van der Waals surface area contributed by atoms with Crippen molar-refractivity contribution < 1.29 is 9.47 Å². The molecule has 0 radical (unpaired) electrons. The minimum Gasteiger partial charge on any atom is -0.475 e. The largest absolute Gasteiger partial charge is 0.475 e. The van der Waals surface area contributed by atoms with Crippen LogP contribution < -0.4 is 10.5 Å². The number of nitrogens with one attached hydrogen (secondary N) is 1. The summed E-state index contributed by atoms with van der Waals surface area (Å²) in [6.45, 7) is 2.69. The second-order valence-corrected chi connectivity index (χ2v) is 3.14. The van der Waals surface area contributed by atoms with Gasteiger partial charge in [-0.3, -0.25) is 5.41 Å². The van der Waals surface area contributed by atoms with Gasteiger partial charge < -0.3 is 15.2 Å². The molecular weight excluding hydrogens is 196 g/mol. The molecule has 0 aliphatic rings. The Balaban J connectivity index is 2.89. The van der Waals surface area contributed by atoms with Gasteiger partial charge in [-0.05, 0) is 6.92 Å². The topological polar surface area (TPSA) is 86.2 Å². The van der Waals surface area contributed by atoms with E-state index in [1.807, 2.05) is 0 Å². The van der Waals surface area contributed by atoms with Crippen LogP contribution in [0.3, 0.4) is 0 Å². The minimum absolute atomic E-state index is 0.0342. The molecule has 1 aromatic heterocycles. The van der Waals surface area contributed by atoms with Gasteiger partial charge in [-0.2, -0.15) is 5.10 Å². The lowest BCUT2D eigenvalue weighted by Gasteiger charge is -2.07. The molecule has 0 spiro atoms. The molecule has 0 bridgehead atoms. The van der Waals surface area contributed by atoms with Gasteiger partial charge in [-0.15, -0.1) is 0 Å². The van der Waals surface area contributed by atoms with Gasteiger partial charge >= 0.3 is 0 Å². The van der Waals surface area contributed by atoms with Gasteiger partial charge in [0.2, 0.25) is 5.88 Å². The molecule has 0 aliphatic carbocycles. The normalized spacial score (nSPS) is 10.3. The van der Waals surface area contributed by atoms with E-state index in [0.29, 0.717) is 30.4 Å². The van der Waals surface area contributed by atoms with Crippen LogP contribution in [0.5, 0.6) is 5.88 Å². The fraction of sp³-hybridized carbons (Fsp3) is 0.556. The average molecular weight is 212 g/mol. The van der Waals surface area contributed by atoms with E-state index >= 15 is 0 Å². The van der Waals surface area contributed by atoms with Crippen molar-refractivity contribution in [2.45, 2.75) is 6.92 Å². The van der Waals surface area contributed by atoms with Crippen molar-refractivity contribution in [2.75, 3.05) is 20.3 Å². The molecule has 1 rings (SSSR count). The fourth-order valence-electron chi connectivity index (χ4n) is 1.33. The van der Waals surface area contributed by atoms with E-state index in [1.54, 1.807) is 25.8 Å². The van der Waals surface area contributed by atoms with E-state index in [0.717, 1.165) is 0 Å². The van der Waals surface area contributed by atoms with Crippen molar-refractivity contribution >= 4 is 5.84 Å². The van der Waals surface area contributed by atoms with Crippen molar-refractivity contribution in [1.29, 1.82) is 5.41 Å². The van der Waals surface area contributed by atoms with Crippen LogP contribution in [0.25, 0.3) is 0 Å². The Morgan fingerprint density at radius 2 is 2.20 bits per heavy atom. The smallest absolute Gasteiger partial charge is 0.223 e. The first kappa shape index (κ1) is 11.5. The first-order valence-electron chi connectivity index (χ1n) is 4.57. The highest BCUT2D eigenvalue weighted by Crippen LogP contribution is 2.20. The lowest BCUT2D eigenvalue weighted by atomic mass is 10.2. The quantitative estimate of drug-likeness (QED) is 0.410. The zero-order valence-electron chi connectivity index (χ0n) is 9.20. The lowest BCUT2D eigenvalue weighted by molar-refractivity contribution is 0.141. The number of hydrogen-bond donors (Lipinski definition) is 2. The number of aromatic nitrogens is 2. The third-order valence-corrected chi connectivity index (χ3v) is 1.97. The number of hydrogen-bond acceptors (Lipinski definition) is 4. The molecule has 1 heterocycles. The lowest BCUT2D eigenvalue weighted by Crippen LogP contribution is -2.15. The number of rotatable bonds is 5. The Hall–Kier alpha value is -1.56. The van der Waals surface area contributed by atoms with Crippen LogP contribution in [0.15, 0.2) is 0 Å². The SMILES string of the molecule is COCCOc1c(C(=N)N)c(C)nn1C. The molecule has 6 heteroatoms. The first-order valence-corrected chi connectivity index (χ1v) is 4.57. The van der Waals surface area contributed by atoms with E-state index in [9.17, 15) is 0 Å². The number of ether oxygens (including phenoxy) is 2. The zero-order chi connectivity index (χ0) is 11.4. The maximum absolute atomic E-state index is 7.42. The summed E-state index contributed by atoms with van der Waals surface area (Å²) >= 11 is 0. The van der Waals surface area contributed by atoms with Crippen LogP contribution in [-0.4, -0.2) is 35.9 Å². The highest BCUT2D eigenvalue weighted by molar-refractivity contribution is 5.98. The molecule has 0 saturated heterocycles. The summed E-state index contributed by atoms with van der Waals surface area (Å²) in [5.41, 5.74) is 6.69. The van der Waals surface area contributed by atoms with E-state index in [2.05, 4.69) is 5.10 Å². The van der Waals surface area contributed by atoms with Gasteiger partial charge in [0.15, 0.2) is 0 Å². The summed E-state index contributed by atoms with van der Waals surface area (Å²) in [5, 5.41) is 11.6. The Bertz CT molecular complexity index is 359. The van der Waals surface area contributed by atoms with Crippen molar-refractivity contribution in [3.63, 3.8) is 0 Å². The molecule has 0 fully saturated rings. The summed E-state index contributed by atoms with van der Waals surface area (Å²) in [7, 11) is 3.35. The second-order valence-electron chi connectivity index (χ2n) is 3.14. The molecule has 6 nitrogen and oxygen atoms in total. The van der Waals surface area contributed by atoms with Crippen molar-refractivity contribution in [2.24, 2.45) is 12.8 Å². The molecule has 0 amide bonds. The van der Waals surface area contributed by atoms with Crippen molar-refractivity contribution in [3.8, 4) is 5.88 Å². The molecule has 0 atom stereocenters. The number of methoxy groups -OCH3 is 1. The summed E-state index contributed by atoms with van der Waals surface area (Å²) in [6.07, 6.45) is 0. The number of aryl methyl sites for hydroxylation is 2. The van der Waals surface area contributed by atoms with Gasteiger partial charge in [0.25, 0.3) is 0 Å². The molecule has 15 heavy (non-hydrogen) atoms. The first-order chi connectivity index (χ1) is 7.07. The molecule has 0 aromatic carbocycles. The summed E-state index contributed by atoms with van der Waals surface area (Å²) in [6, 6.07) is 0. The molecular formula is C9H16N4O2. The van der Waals surface area contributed by atoms with E-state index < -0.39 is 0 Å². The second kappa shape index (κ2) is 4.79. The number of nitrogens with two attached hydrogens (primary N) is 1. The van der Waals surface area contributed by atoms with E-state index in [-0.39, 0.29) is 5.84 Å². The van der Waals surface area contributed by atoms with E-state index in [4.69, 9.17) is 20.6 Å². The zero-order valence-corrected chi connectivity index (χ0v) is 9.20. The third kappa shape index (κ3) is 2.47. The molecule has 0 saturated carbocycles. The van der Waals surface area contributed by atoms with Crippen LogP contribution in [0.4, 0.5) is 0 Å². The highest BCUT2D eigenvalue weighted by Gasteiger charge is 2.16. The summed E-state index contributed by atoms with van der Waals surface area (Å²) in [5.74, 6) is 0.477. The standard InChI is InChI=1S/C9H16N4O2/c1-6-7(8(10)11)9(13(2)12-6)15-5-4-14-3/h4-5H2,1-3H3,(H3,10,11). The Morgan fingerprint density at radius 1 is 1.53 bits per heavy atom. The van der Waals surface area contributed by atoms with Crippen molar-refractivity contribution in [1.82, 2.24) is 9.78 Å². The number of nitrogen functional groups attached to an aromatic ring is 1. The van der Waals surface area contributed by atoms with Crippen LogP contribution in [0.2, 0.25) is 0 Å². The van der Waals surface area contributed by atoms with Crippen LogP contribution in [0.1, 0.15) is 11.3 Å². The van der Waals surface area contributed by atoms with Crippen molar-refractivity contribution in [3.05, 3.63) is 11.3 Å². The molecule has 3 N–H and O–H groups in total. The minimum atomic E-state index is -0.0342. The van der Waals surface area contributed by atoms with Crippen LogP contribution >= 0.6 is 0 Å². The highest BCUT2D eigenvalue weighted by atomic mass is 16.5. The summed E-state index contributed by atoms with van der Waals surface area (Å²) < 4.78 is 11.9. The molecule has 0 unspecified atom stereocenters. The van der Waals surface area contributed by atoms with E-state index in [1.165, 1.54) is 0 Å². The number of nitrogens with zero attached hydrogens (tertiary/aromatic N) is 2. The van der Waals surface area contributed by atoms with Crippen LogP contribution in [0, 0.1) is 12.3 Å². The number of amidine groups is 1. The van der Waals surface area contributed by atoms with Gasteiger partial charge in [-0.1, -0.05) is 0 Å².